The lowest BCUT2D eigenvalue weighted by molar-refractivity contribution is -0.162. The van der Waals surface area contributed by atoms with E-state index in [1.54, 1.807) is 0 Å². The second-order valence-electron chi connectivity index (χ2n) is 9.36. The number of aliphatic hydroxyl groups is 1. The molecule has 30 heavy (non-hydrogen) atoms. The molecule has 3 rings (SSSR count). The van der Waals surface area contributed by atoms with E-state index in [1.165, 1.54) is 5.57 Å². The third-order valence-corrected chi connectivity index (χ3v) is 6.93. The van der Waals surface area contributed by atoms with Crippen molar-refractivity contribution in [2.75, 3.05) is 0 Å². The lowest BCUT2D eigenvalue weighted by atomic mass is 9.65. The molecule has 1 saturated heterocycles. The second kappa shape index (κ2) is 10.6. The molecule has 1 heterocycles. The first kappa shape index (κ1) is 24.6. The SMILES string of the molecule is CC[C@H](C)C(=O)O[C@H]1C[C@@H](C)C=C2C=C[C@H](C)[C@H](CC[C@@H]3C[C@@H](O)CC(=O)O3)[C@H]21.N. The molecule has 170 valence electrons. The minimum Gasteiger partial charge on any atom is -0.462 e. The molecule has 0 spiro atoms. The van der Waals surface area contributed by atoms with Crippen LogP contribution in [0.2, 0.25) is 0 Å². The molecule has 0 bridgehead atoms. The minimum atomic E-state index is -0.597. The smallest absolute Gasteiger partial charge is 0.308 e. The van der Waals surface area contributed by atoms with Crippen molar-refractivity contribution in [2.45, 2.75) is 84.5 Å². The van der Waals surface area contributed by atoms with Crippen LogP contribution in [0, 0.1) is 29.6 Å². The second-order valence-corrected chi connectivity index (χ2v) is 9.36. The monoisotopic (exact) mass is 421 g/mol. The Morgan fingerprint density at radius 1 is 1.30 bits per heavy atom. The highest BCUT2D eigenvalue weighted by Crippen LogP contribution is 2.45. The molecule has 0 aromatic rings. The van der Waals surface area contributed by atoms with Crippen molar-refractivity contribution in [3.05, 3.63) is 23.8 Å². The predicted molar refractivity (Wildman–Crippen MR) is 116 cm³/mol. The Morgan fingerprint density at radius 3 is 2.70 bits per heavy atom. The quantitative estimate of drug-likeness (QED) is 0.617. The van der Waals surface area contributed by atoms with Crippen LogP contribution in [0.3, 0.4) is 0 Å². The molecular formula is C24H39NO5. The topological polar surface area (TPSA) is 108 Å². The highest BCUT2D eigenvalue weighted by Gasteiger charge is 2.42. The third-order valence-electron chi connectivity index (χ3n) is 6.93. The molecule has 4 N–H and O–H groups in total. The number of carbonyl (C=O) groups is 2. The van der Waals surface area contributed by atoms with E-state index < -0.39 is 6.10 Å². The van der Waals surface area contributed by atoms with Crippen LogP contribution >= 0.6 is 0 Å². The van der Waals surface area contributed by atoms with E-state index in [-0.39, 0.29) is 48.6 Å². The van der Waals surface area contributed by atoms with Crippen LogP contribution in [0.4, 0.5) is 0 Å². The number of cyclic esters (lactones) is 1. The van der Waals surface area contributed by atoms with E-state index in [2.05, 4.69) is 32.1 Å². The third kappa shape index (κ3) is 5.73. The standard InChI is InChI=1S/C24H36O5.H3N/c1-5-15(3)24(27)29-21-11-14(2)10-17-7-6-16(4)20(23(17)21)9-8-19-12-18(25)13-22(26)28-19;/h6-7,10,14-16,18-21,23,25H,5,8-9,11-13H2,1-4H3;1H3/t14-,15-,16-,18+,19+,20-,21-,23-;/m0./s1. The Labute approximate surface area is 180 Å². The zero-order chi connectivity index (χ0) is 21.1. The van der Waals surface area contributed by atoms with Crippen molar-refractivity contribution >= 4 is 11.9 Å². The highest BCUT2D eigenvalue weighted by molar-refractivity contribution is 5.72. The molecule has 0 unspecified atom stereocenters. The molecule has 0 aromatic heterocycles. The number of fused-ring (bicyclic) bond motifs is 1. The molecular weight excluding hydrogens is 382 g/mol. The number of hydrogen-bond donors (Lipinski definition) is 2. The maximum Gasteiger partial charge on any atom is 0.308 e. The number of aliphatic hydroxyl groups excluding tert-OH is 1. The number of ether oxygens (including phenoxy) is 2. The van der Waals surface area contributed by atoms with Crippen LogP contribution < -0.4 is 6.15 Å². The summed E-state index contributed by atoms with van der Waals surface area (Å²) in [4.78, 5) is 24.2. The molecule has 0 saturated carbocycles. The van der Waals surface area contributed by atoms with Gasteiger partial charge in [-0.05, 0) is 49.0 Å². The molecule has 0 aromatic carbocycles. The molecule has 6 nitrogen and oxygen atoms in total. The fourth-order valence-electron chi connectivity index (χ4n) is 5.07. The predicted octanol–water partition coefficient (Wildman–Crippen LogP) is 4.36. The van der Waals surface area contributed by atoms with Gasteiger partial charge in [0.2, 0.25) is 0 Å². The van der Waals surface area contributed by atoms with Gasteiger partial charge in [0, 0.05) is 12.3 Å². The Bertz CT molecular complexity index is 673. The molecule has 3 aliphatic rings. The summed E-state index contributed by atoms with van der Waals surface area (Å²) in [5, 5.41) is 9.89. The van der Waals surface area contributed by atoms with Gasteiger partial charge in [-0.1, -0.05) is 45.9 Å². The summed E-state index contributed by atoms with van der Waals surface area (Å²) >= 11 is 0. The summed E-state index contributed by atoms with van der Waals surface area (Å²) in [7, 11) is 0. The number of carbonyl (C=O) groups excluding carboxylic acids is 2. The molecule has 1 aliphatic heterocycles. The van der Waals surface area contributed by atoms with Gasteiger partial charge >= 0.3 is 11.9 Å². The first-order valence-electron chi connectivity index (χ1n) is 11.3. The van der Waals surface area contributed by atoms with Crippen molar-refractivity contribution in [2.24, 2.45) is 29.6 Å². The van der Waals surface area contributed by atoms with E-state index in [0.29, 0.717) is 24.2 Å². The largest absolute Gasteiger partial charge is 0.462 e. The molecule has 8 atom stereocenters. The summed E-state index contributed by atoms with van der Waals surface area (Å²) < 4.78 is 11.5. The van der Waals surface area contributed by atoms with Crippen molar-refractivity contribution < 1.29 is 24.2 Å². The first-order valence-corrected chi connectivity index (χ1v) is 11.3. The van der Waals surface area contributed by atoms with Crippen LogP contribution in [0.1, 0.15) is 66.2 Å². The van der Waals surface area contributed by atoms with Gasteiger partial charge in [0.25, 0.3) is 0 Å². The zero-order valence-electron chi connectivity index (χ0n) is 18.9. The van der Waals surface area contributed by atoms with E-state index in [4.69, 9.17) is 9.47 Å². The normalized spacial score (nSPS) is 36.6. The van der Waals surface area contributed by atoms with Crippen molar-refractivity contribution in [3.63, 3.8) is 0 Å². The number of hydrogen-bond acceptors (Lipinski definition) is 6. The van der Waals surface area contributed by atoms with Gasteiger partial charge in [0.15, 0.2) is 0 Å². The molecule has 1 fully saturated rings. The maximum absolute atomic E-state index is 12.5. The molecule has 2 aliphatic carbocycles. The molecule has 0 amide bonds. The zero-order valence-corrected chi connectivity index (χ0v) is 18.9. The molecule has 6 heteroatoms. The Morgan fingerprint density at radius 2 is 2.03 bits per heavy atom. The lowest BCUT2D eigenvalue weighted by Crippen LogP contribution is -2.42. The van der Waals surface area contributed by atoms with Gasteiger partial charge in [0.1, 0.15) is 12.2 Å². The number of esters is 2. The Hall–Kier alpha value is -1.66. The highest BCUT2D eigenvalue weighted by atomic mass is 16.5. The summed E-state index contributed by atoms with van der Waals surface area (Å²) in [5.74, 6) is 0.755. The van der Waals surface area contributed by atoms with E-state index in [9.17, 15) is 14.7 Å². The fraction of sp³-hybridized carbons (Fsp3) is 0.750. The van der Waals surface area contributed by atoms with Gasteiger partial charge < -0.3 is 20.7 Å². The van der Waals surface area contributed by atoms with Crippen LogP contribution in [0.5, 0.6) is 0 Å². The van der Waals surface area contributed by atoms with Crippen molar-refractivity contribution in [1.82, 2.24) is 6.15 Å². The van der Waals surface area contributed by atoms with Gasteiger partial charge in [-0.25, -0.2) is 0 Å². The van der Waals surface area contributed by atoms with Crippen molar-refractivity contribution in [1.29, 1.82) is 0 Å². The van der Waals surface area contributed by atoms with Gasteiger partial charge in [-0.2, -0.15) is 0 Å². The summed E-state index contributed by atoms with van der Waals surface area (Å²) in [6.07, 6.45) is 9.70. The van der Waals surface area contributed by atoms with Gasteiger partial charge in [-0.15, -0.1) is 0 Å². The maximum atomic E-state index is 12.5. The van der Waals surface area contributed by atoms with Crippen LogP contribution in [0.25, 0.3) is 0 Å². The van der Waals surface area contributed by atoms with Gasteiger partial charge in [-0.3, -0.25) is 9.59 Å². The Balaban J connectivity index is 0.00000320. The number of allylic oxidation sites excluding steroid dienone is 3. The Kier molecular flexibility index (Phi) is 8.68. The fourth-order valence-corrected chi connectivity index (χ4v) is 5.07. The average molecular weight is 422 g/mol. The van der Waals surface area contributed by atoms with E-state index >= 15 is 0 Å². The summed E-state index contributed by atoms with van der Waals surface area (Å²) in [5.41, 5.74) is 1.27. The number of rotatable bonds is 6. The van der Waals surface area contributed by atoms with E-state index in [1.807, 2.05) is 13.8 Å². The van der Waals surface area contributed by atoms with E-state index in [0.717, 1.165) is 25.7 Å². The average Bonchev–Trinajstić information content (AvgIpc) is 2.65. The molecule has 0 radical (unpaired) electrons. The summed E-state index contributed by atoms with van der Waals surface area (Å²) in [6.45, 7) is 8.33. The van der Waals surface area contributed by atoms with Crippen LogP contribution in [-0.2, 0) is 19.1 Å². The van der Waals surface area contributed by atoms with Crippen LogP contribution in [0.15, 0.2) is 23.8 Å². The first-order chi connectivity index (χ1) is 13.8. The summed E-state index contributed by atoms with van der Waals surface area (Å²) in [6, 6.07) is 0. The van der Waals surface area contributed by atoms with Crippen molar-refractivity contribution in [3.8, 4) is 0 Å². The van der Waals surface area contributed by atoms with Crippen LogP contribution in [-0.4, -0.2) is 35.4 Å². The lowest BCUT2D eigenvalue weighted by Gasteiger charge is -2.43. The minimum absolute atomic E-state index is 0. The van der Waals surface area contributed by atoms with Gasteiger partial charge in [0.05, 0.1) is 18.4 Å².